The predicted octanol–water partition coefficient (Wildman–Crippen LogP) is 7.19. The van der Waals surface area contributed by atoms with Crippen LogP contribution in [0.1, 0.15) is 52.9 Å². The van der Waals surface area contributed by atoms with Gasteiger partial charge in [0.2, 0.25) is 0 Å². The Bertz CT molecular complexity index is 1570. The molecule has 0 aromatic heterocycles. The molecule has 7 rings (SSSR count). The first kappa shape index (κ1) is 22.9. The topological polar surface area (TPSA) is 42.0 Å². The van der Waals surface area contributed by atoms with Crippen LogP contribution < -0.4 is 14.5 Å². The summed E-state index contributed by atoms with van der Waals surface area (Å²) in [6.45, 7) is 7.03. The molecule has 1 unspecified atom stereocenters. The minimum absolute atomic E-state index is 0.305. The molecule has 190 valence electrons. The lowest BCUT2D eigenvalue weighted by Gasteiger charge is -2.38. The molecule has 38 heavy (non-hydrogen) atoms. The number of anilines is 3. The molecule has 4 aromatic rings. The van der Waals surface area contributed by atoms with Gasteiger partial charge in [0.05, 0.1) is 5.56 Å². The van der Waals surface area contributed by atoms with Crippen LogP contribution in [0.5, 0.6) is 11.5 Å². The number of aryl methyl sites for hydroxylation is 1. The highest BCUT2D eigenvalue weighted by atomic mass is 16.6. The van der Waals surface area contributed by atoms with Gasteiger partial charge >= 0.3 is 5.97 Å². The Kier molecular flexibility index (Phi) is 5.22. The zero-order valence-electron chi connectivity index (χ0n) is 21.7. The van der Waals surface area contributed by atoms with E-state index in [9.17, 15) is 4.79 Å². The number of para-hydroxylation sites is 1. The highest BCUT2D eigenvalue weighted by Crippen LogP contribution is 2.57. The lowest BCUT2D eigenvalue weighted by molar-refractivity contribution is 0.0224. The van der Waals surface area contributed by atoms with Gasteiger partial charge in [0.1, 0.15) is 11.5 Å². The Morgan fingerprint density at radius 1 is 0.842 bits per heavy atom. The Morgan fingerprint density at radius 2 is 1.66 bits per heavy atom. The third-order valence-corrected chi connectivity index (χ3v) is 8.23. The molecule has 1 spiro atoms. The van der Waals surface area contributed by atoms with E-state index in [1.54, 1.807) is 0 Å². The third-order valence-electron chi connectivity index (χ3n) is 8.23. The van der Waals surface area contributed by atoms with Gasteiger partial charge in [-0.2, -0.15) is 0 Å². The smallest absolute Gasteiger partial charge is 0.340 e. The standard InChI is InChI=1S/C33H30N2O3/c1-3-34(4-2)23-15-17-27-31(21-23)37-30-18-16-24(35-19-9-11-22-10-5-8-14-29(22)35)20-28(30)33(27)26-13-7-6-12-25(26)32(36)38-33/h5-8,10,12-18,20-21H,3-4,9,11,19H2,1-2H3. The van der Waals surface area contributed by atoms with Gasteiger partial charge in [-0.3, -0.25) is 0 Å². The number of hydrogen-bond donors (Lipinski definition) is 0. The average Bonchev–Trinajstić information content (AvgIpc) is 3.26. The summed E-state index contributed by atoms with van der Waals surface area (Å²) in [7, 11) is 0. The highest BCUT2D eigenvalue weighted by Gasteiger charge is 2.53. The molecular weight excluding hydrogens is 472 g/mol. The van der Waals surface area contributed by atoms with Crippen LogP contribution in [-0.2, 0) is 16.8 Å². The van der Waals surface area contributed by atoms with Crippen LogP contribution in [0, 0.1) is 0 Å². The van der Waals surface area contributed by atoms with Gasteiger partial charge in [0.15, 0.2) is 5.60 Å². The second-order valence-corrected chi connectivity index (χ2v) is 10.1. The van der Waals surface area contributed by atoms with Gasteiger partial charge in [-0.25, -0.2) is 4.79 Å². The van der Waals surface area contributed by atoms with E-state index in [2.05, 4.69) is 78.2 Å². The number of nitrogens with zero attached hydrogens (tertiary/aromatic N) is 2. The summed E-state index contributed by atoms with van der Waals surface area (Å²) in [5, 5.41) is 0. The summed E-state index contributed by atoms with van der Waals surface area (Å²) in [6.07, 6.45) is 2.17. The summed E-state index contributed by atoms with van der Waals surface area (Å²) in [5.41, 5.74) is 6.87. The molecule has 0 N–H and O–H groups in total. The van der Waals surface area contributed by atoms with E-state index in [4.69, 9.17) is 9.47 Å². The van der Waals surface area contributed by atoms with Crippen molar-refractivity contribution in [2.75, 3.05) is 29.4 Å². The minimum Gasteiger partial charge on any atom is -0.456 e. The fourth-order valence-corrected chi connectivity index (χ4v) is 6.40. The summed E-state index contributed by atoms with van der Waals surface area (Å²) in [6, 6.07) is 28.9. The normalized spacial score (nSPS) is 18.7. The number of carbonyl (C=O) groups is 1. The molecule has 3 aliphatic heterocycles. The molecule has 0 saturated heterocycles. The molecule has 5 nitrogen and oxygen atoms in total. The van der Waals surface area contributed by atoms with E-state index >= 15 is 0 Å². The summed E-state index contributed by atoms with van der Waals surface area (Å²) < 4.78 is 13.0. The van der Waals surface area contributed by atoms with Gasteiger partial charge in [0, 0.05) is 59.5 Å². The molecule has 3 heterocycles. The van der Waals surface area contributed by atoms with Crippen molar-refractivity contribution in [1.29, 1.82) is 0 Å². The monoisotopic (exact) mass is 502 g/mol. The molecule has 1 atom stereocenters. The lowest BCUT2D eigenvalue weighted by atomic mass is 9.77. The molecule has 0 aliphatic carbocycles. The second kappa shape index (κ2) is 8.66. The maximum Gasteiger partial charge on any atom is 0.340 e. The molecule has 4 aromatic carbocycles. The lowest BCUT2D eigenvalue weighted by Crippen LogP contribution is -2.34. The number of hydrogen-bond acceptors (Lipinski definition) is 5. The minimum atomic E-state index is -1.07. The molecule has 0 bridgehead atoms. The first-order valence-electron chi connectivity index (χ1n) is 13.5. The van der Waals surface area contributed by atoms with Crippen LogP contribution in [0.15, 0.2) is 84.9 Å². The van der Waals surface area contributed by atoms with Crippen molar-refractivity contribution in [3.63, 3.8) is 0 Å². The number of carbonyl (C=O) groups excluding carboxylic acids is 1. The Morgan fingerprint density at radius 3 is 2.53 bits per heavy atom. The second-order valence-electron chi connectivity index (χ2n) is 10.1. The van der Waals surface area contributed by atoms with E-state index in [1.807, 2.05) is 30.3 Å². The van der Waals surface area contributed by atoms with Crippen molar-refractivity contribution >= 4 is 23.0 Å². The molecule has 0 radical (unpaired) electrons. The summed E-state index contributed by atoms with van der Waals surface area (Å²) in [5.74, 6) is 1.14. The van der Waals surface area contributed by atoms with Crippen LogP contribution >= 0.6 is 0 Å². The van der Waals surface area contributed by atoms with Gasteiger partial charge in [-0.15, -0.1) is 0 Å². The molecule has 0 amide bonds. The van der Waals surface area contributed by atoms with Gasteiger partial charge < -0.3 is 19.3 Å². The maximum absolute atomic E-state index is 13.3. The van der Waals surface area contributed by atoms with Gasteiger partial charge in [0.25, 0.3) is 0 Å². The molecule has 5 heteroatoms. The molecular formula is C33H30N2O3. The van der Waals surface area contributed by atoms with Gasteiger partial charge in [-0.1, -0.05) is 36.4 Å². The van der Waals surface area contributed by atoms with Crippen molar-refractivity contribution in [3.8, 4) is 11.5 Å². The fraction of sp³-hybridized carbons (Fsp3) is 0.242. The van der Waals surface area contributed by atoms with E-state index in [0.29, 0.717) is 11.3 Å². The largest absolute Gasteiger partial charge is 0.456 e. The predicted molar refractivity (Wildman–Crippen MR) is 150 cm³/mol. The fourth-order valence-electron chi connectivity index (χ4n) is 6.40. The van der Waals surface area contributed by atoms with E-state index < -0.39 is 5.60 Å². The van der Waals surface area contributed by atoms with Crippen LogP contribution in [0.4, 0.5) is 17.1 Å². The Labute approximate surface area is 223 Å². The highest BCUT2D eigenvalue weighted by molar-refractivity contribution is 5.97. The first-order chi connectivity index (χ1) is 18.6. The van der Waals surface area contributed by atoms with Crippen molar-refractivity contribution in [2.45, 2.75) is 32.3 Å². The van der Waals surface area contributed by atoms with Crippen molar-refractivity contribution in [2.24, 2.45) is 0 Å². The first-order valence-corrected chi connectivity index (χ1v) is 13.5. The number of benzene rings is 4. The maximum atomic E-state index is 13.3. The molecule has 0 fully saturated rings. The van der Waals surface area contributed by atoms with E-state index in [0.717, 1.165) is 66.3 Å². The third kappa shape index (κ3) is 3.21. The number of rotatable bonds is 4. The van der Waals surface area contributed by atoms with Crippen LogP contribution in [0.25, 0.3) is 0 Å². The summed E-state index contributed by atoms with van der Waals surface area (Å²) in [4.78, 5) is 18.0. The van der Waals surface area contributed by atoms with Crippen molar-refractivity contribution < 1.29 is 14.3 Å². The van der Waals surface area contributed by atoms with Crippen LogP contribution in [0.2, 0.25) is 0 Å². The van der Waals surface area contributed by atoms with E-state index in [1.165, 1.54) is 11.3 Å². The zero-order chi connectivity index (χ0) is 25.9. The van der Waals surface area contributed by atoms with Crippen LogP contribution in [-0.4, -0.2) is 25.6 Å². The number of ether oxygens (including phenoxy) is 2. The molecule has 3 aliphatic rings. The quantitative estimate of drug-likeness (QED) is 0.276. The zero-order valence-corrected chi connectivity index (χ0v) is 21.7. The SMILES string of the molecule is CCN(CC)c1ccc2c(c1)Oc1ccc(N3CCCc4ccccc43)cc1C21OC(=O)c2ccccc21. The Balaban J connectivity index is 1.44. The average molecular weight is 503 g/mol. The summed E-state index contributed by atoms with van der Waals surface area (Å²) >= 11 is 0. The molecule has 0 saturated carbocycles. The Hall–Kier alpha value is -4.25. The van der Waals surface area contributed by atoms with Crippen molar-refractivity contribution in [3.05, 3.63) is 113 Å². The number of esters is 1. The number of fused-ring (bicyclic) bond motifs is 7. The van der Waals surface area contributed by atoms with Crippen LogP contribution in [0.3, 0.4) is 0 Å². The van der Waals surface area contributed by atoms with Gasteiger partial charge in [-0.05, 0) is 74.7 Å². The van der Waals surface area contributed by atoms with E-state index in [-0.39, 0.29) is 5.97 Å². The van der Waals surface area contributed by atoms with Crippen molar-refractivity contribution in [1.82, 2.24) is 0 Å².